The molecule has 14 heteroatoms. The van der Waals surface area contributed by atoms with Gasteiger partial charge in [0.25, 0.3) is 0 Å². The minimum Gasteiger partial charge on any atom is -0.497 e. The van der Waals surface area contributed by atoms with E-state index >= 15 is 0 Å². The molecule has 0 unspecified atom stereocenters. The van der Waals surface area contributed by atoms with Crippen molar-refractivity contribution in [1.29, 1.82) is 0 Å². The van der Waals surface area contributed by atoms with E-state index in [1.54, 1.807) is 55.5 Å². The number of hydrogen-bond donors (Lipinski definition) is 4. The zero-order valence-electron chi connectivity index (χ0n) is 28.9. The summed E-state index contributed by atoms with van der Waals surface area (Å²) in [5.41, 5.74) is 1.34. The van der Waals surface area contributed by atoms with Crippen molar-refractivity contribution in [3.05, 3.63) is 59.7 Å². The summed E-state index contributed by atoms with van der Waals surface area (Å²) in [6.07, 6.45) is 3.55. The van der Waals surface area contributed by atoms with E-state index in [0.717, 1.165) is 19.1 Å². The lowest BCUT2D eigenvalue weighted by molar-refractivity contribution is -0.140. The number of amides is 4. The Kier molecular flexibility index (Phi) is 13.0. The lowest BCUT2D eigenvalue weighted by Gasteiger charge is -2.29. The van der Waals surface area contributed by atoms with Crippen molar-refractivity contribution in [1.82, 2.24) is 25.6 Å². The molecule has 268 valence electrons. The van der Waals surface area contributed by atoms with Crippen LogP contribution in [0.15, 0.2) is 48.5 Å². The SMILES string of the molecule is COc1ccc(C[C@@H]2NC(=O)[C@@H](NS(C)(=O)=O)Cc3ccc(cc3)OC[C@H](CC(C)C)NC(=O)CN(CC3CC3)C(=O)[C@@H](C)NC2=O)cc1. The number of nitrogens with one attached hydrogen (secondary N) is 4. The predicted octanol–water partition coefficient (Wildman–Crippen LogP) is 1.55. The minimum absolute atomic E-state index is 0.00684. The van der Waals surface area contributed by atoms with E-state index in [1.165, 1.54) is 12.0 Å². The highest BCUT2D eigenvalue weighted by molar-refractivity contribution is 7.88. The number of carbonyl (C=O) groups is 4. The summed E-state index contributed by atoms with van der Waals surface area (Å²) in [7, 11) is -2.29. The van der Waals surface area contributed by atoms with Gasteiger partial charge in [-0.1, -0.05) is 38.1 Å². The van der Waals surface area contributed by atoms with Crippen LogP contribution in [0, 0.1) is 11.8 Å². The highest BCUT2D eigenvalue weighted by Gasteiger charge is 2.33. The van der Waals surface area contributed by atoms with Crippen molar-refractivity contribution in [3.63, 3.8) is 0 Å². The third-order valence-corrected chi connectivity index (χ3v) is 9.10. The van der Waals surface area contributed by atoms with Crippen molar-refractivity contribution in [2.75, 3.05) is 33.1 Å². The molecule has 49 heavy (non-hydrogen) atoms. The number of nitrogens with zero attached hydrogens (tertiary/aromatic N) is 1. The fourth-order valence-corrected chi connectivity index (χ4v) is 6.47. The Morgan fingerprint density at radius 3 is 2.22 bits per heavy atom. The largest absolute Gasteiger partial charge is 0.497 e. The maximum Gasteiger partial charge on any atom is 0.245 e. The summed E-state index contributed by atoms with van der Waals surface area (Å²) in [4.78, 5) is 56.1. The molecule has 2 heterocycles. The first-order valence-electron chi connectivity index (χ1n) is 16.7. The van der Waals surface area contributed by atoms with Gasteiger partial charge >= 0.3 is 0 Å². The summed E-state index contributed by atoms with van der Waals surface area (Å²) in [5.74, 6) is -0.400. The van der Waals surface area contributed by atoms with Gasteiger partial charge in [0.05, 0.1) is 26.0 Å². The summed E-state index contributed by atoms with van der Waals surface area (Å²) >= 11 is 0. The topological polar surface area (TPSA) is 172 Å². The highest BCUT2D eigenvalue weighted by Crippen LogP contribution is 2.30. The summed E-state index contributed by atoms with van der Waals surface area (Å²) in [6, 6.07) is 10.1. The Bertz CT molecular complexity index is 1560. The second-order valence-corrected chi connectivity index (χ2v) is 15.3. The average Bonchev–Trinajstić information content (AvgIpc) is 3.86. The first-order valence-corrected chi connectivity index (χ1v) is 18.6. The number of sulfonamides is 1. The number of carbonyl (C=O) groups excluding carboxylic acids is 4. The minimum atomic E-state index is -3.83. The molecule has 1 fully saturated rings. The first-order chi connectivity index (χ1) is 23.2. The monoisotopic (exact) mass is 699 g/mol. The number of ether oxygens (including phenoxy) is 2. The molecule has 2 aliphatic heterocycles. The van der Waals surface area contributed by atoms with E-state index in [9.17, 15) is 27.6 Å². The standard InChI is InChI=1S/C35H49N5O8S/c1-22(2)16-27-21-48-29-14-10-25(11-15-29)18-31(39-49(5,45)46)34(43)38-30(17-24-8-12-28(47-4)13-9-24)33(42)36-23(3)35(44)40(19-26-6-7-26)20-32(41)37-27/h8-15,22-23,26-27,30-31,39H,6-7,16-21H2,1-5H3,(H,36,42)(H,37,41)(H,38,43)/t23-,27+,30+,31+/m1/s1. The number of benzene rings is 2. The van der Waals surface area contributed by atoms with Crippen molar-refractivity contribution >= 4 is 33.7 Å². The second-order valence-electron chi connectivity index (χ2n) is 13.5. The van der Waals surface area contributed by atoms with Crippen LogP contribution in [-0.2, 0) is 42.0 Å². The fraction of sp³-hybridized carbons (Fsp3) is 0.543. The molecule has 2 bridgehead atoms. The van der Waals surface area contributed by atoms with Gasteiger partial charge in [0, 0.05) is 13.0 Å². The lowest BCUT2D eigenvalue weighted by atomic mass is 10.0. The van der Waals surface area contributed by atoms with E-state index in [0.29, 0.717) is 35.6 Å². The molecule has 4 atom stereocenters. The van der Waals surface area contributed by atoms with Crippen molar-refractivity contribution in [2.45, 2.75) is 77.0 Å². The summed E-state index contributed by atoms with van der Waals surface area (Å²) in [6.45, 7) is 6.04. The van der Waals surface area contributed by atoms with Gasteiger partial charge in [0.1, 0.15) is 36.2 Å². The summed E-state index contributed by atoms with van der Waals surface area (Å²) < 4.78 is 38.3. The molecule has 4 amide bonds. The molecule has 2 aromatic rings. The quantitative estimate of drug-likeness (QED) is 0.286. The molecular weight excluding hydrogens is 650 g/mol. The number of rotatable bonds is 9. The molecule has 1 saturated carbocycles. The Labute approximate surface area is 288 Å². The van der Waals surface area contributed by atoms with Crippen molar-refractivity contribution < 1.29 is 37.1 Å². The van der Waals surface area contributed by atoms with Crippen molar-refractivity contribution in [3.8, 4) is 11.5 Å². The Hall–Kier alpha value is -4.17. The molecule has 1 aliphatic carbocycles. The van der Waals surface area contributed by atoms with Crippen molar-refractivity contribution in [2.24, 2.45) is 11.8 Å². The van der Waals surface area contributed by atoms with Gasteiger partial charge < -0.3 is 30.3 Å². The van der Waals surface area contributed by atoms with Gasteiger partial charge in [-0.15, -0.1) is 0 Å². The normalized spacial score (nSPS) is 23.3. The predicted molar refractivity (Wildman–Crippen MR) is 184 cm³/mol. The fourth-order valence-electron chi connectivity index (χ4n) is 5.76. The average molecular weight is 700 g/mol. The Balaban J connectivity index is 1.67. The third-order valence-electron chi connectivity index (χ3n) is 8.39. The van der Waals surface area contributed by atoms with E-state index < -0.39 is 45.9 Å². The molecule has 0 aromatic heterocycles. The van der Waals surface area contributed by atoms with E-state index in [4.69, 9.17) is 9.47 Å². The molecule has 0 radical (unpaired) electrons. The number of methoxy groups -OCH3 is 1. The molecule has 13 nitrogen and oxygen atoms in total. The van der Waals surface area contributed by atoms with Gasteiger partial charge in [-0.3, -0.25) is 19.2 Å². The van der Waals surface area contributed by atoms with E-state index in [1.807, 2.05) is 13.8 Å². The van der Waals surface area contributed by atoms with Crippen LogP contribution in [0.1, 0.15) is 51.2 Å². The van der Waals surface area contributed by atoms with Gasteiger partial charge in [-0.05, 0) is 79.8 Å². The maximum absolute atomic E-state index is 13.8. The van der Waals surface area contributed by atoms with Crippen LogP contribution in [0.2, 0.25) is 0 Å². The van der Waals surface area contributed by atoms with Gasteiger partial charge in [0.2, 0.25) is 33.7 Å². The van der Waals surface area contributed by atoms with Gasteiger partial charge in [-0.2, -0.15) is 0 Å². The first kappa shape index (κ1) is 37.6. The molecular formula is C35H49N5O8S. The molecule has 4 N–H and O–H groups in total. The van der Waals surface area contributed by atoms with E-state index in [-0.39, 0.29) is 49.8 Å². The second kappa shape index (κ2) is 17.0. The van der Waals surface area contributed by atoms with Crippen LogP contribution in [0.25, 0.3) is 0 Å². The smallest absolute Gasteiger partial charge is 0.245 e. The molecule has 5 rings (SSSR count). The summed E-state index contributed by atoms with van der Waals surface area (Å²) in [5, 5.41) is 8.50. The van der Waals surface area contributed by atoms with Crippen LogP contribution in [0.4, 0.5) is 0 Å². The van der Waals surface area contributed by atoms with Crippen LogP contribution in [-0.4, -0.2) is 94.2 Å². The zero-order chi connectivity index (χ0) is 35.7. The number of hydrogen-bond acceptors (Lipinski definition) is 8. The van der Waals surface area contributed by atoms with Crippen LogP contribution in [0.3, 0.4) is 0 Å². The molecule has 2 aromatic carbocycles. The van der Waals surface area contributed by atoms with Crippen LogP contribution < -0.4 is 30.1 Å². The zero-order valence-corrected chi connectivity index (χ0v) is 29.7. The van der Waals surface area contributed by atoms with Crippen LogP contribution in [0.5, 0.6) is 11.5 Å². The van der Waals surface area contributed by atoms with Crippen LogP contribution >= 0.6 is 0 Å². The molecule has 3 aliphatic rings. The lowest BCUT2D eigenvalue weighted by Crippen LogP contribution is -2.58. The van der Waals surface area contributed by atoms with Gasteiger partial charge in [-0.25, -0.2) is 13.1 Å². The Morgan fingerprint density at radius 2 is 1.63 bits per heavy atom. The molecule has 0 spiro atoms. The molecule has 0 saturated heterocycles. The van der Waals surface area contributed by atoms with Gasteiger partial charge in [0.15, 0.2) is 0 Å². The number of fused-ring (bicyclic) bond motifs is 17. The highest BCUT2D eigenvalue weighted by atomic mass is 32.2. The van der Waals surface area contributed by atoms with E-state index in [2.05, 4.69) is 20.7 Å². The Morgan fingerprint density at radius 1 is 0.959 bits per heavy atom. The maximum atomic E-state index is 13.8. The third kappa shape index (κ3) is 12.3.